The minimum absolute atomic E-state index is 0.228. The molecule has 3 aromatic rings. The summed E-state index contributed by atoms with van der Waals surface area (Å²) in [5.74, 6) is -0.538. The van der Waals surface area contributed by atoms with Gasteiger partial charge in [0.15, 0.2) is 5.82 Å². The minimum Gasteiger partial charge on any atom is -0.494 e. The molecule has 1 aromatic heterocycles. The molecule has 4 fully saturated rings. The van der Waals surface area contributed by atoms with Gasteiger partial charge in [0.2, 0.25) is 5.91 Å². The van der Waals surface area contributed by atoms with E-state index >= 15 is 0 Å². The molecule has 272 valence electrons. The maximum atomic E-state index is 14.0. The van der Waals surface area contributed by atoms with Crippen LogP contribution in [0.5, 0.6) is 5.75 Å². The van der Waals surface area contributed by atoms with Gasteiger partial charge in [-0.15, -0.1) is 0 Å². The van der Waals surface area contributed by atoms with Crippen molar-refractivity contribution >= 4 is 34.6 Å². The van der Waals surface area contributed by atoms with E-state index in [1.165, 1.54) is 36.4 Å². The van der Waals surface area contributed by atoms with Gasteiger partial charge in [0.05, 0.1) is 42.4 Å². The number of carbonyl (C=O) groups excluding carboxylic acids is 1. The van der Waals surface area contributed by atoms with E-state index in [9.17, 15) is 22.4 Å². The number of nitrogens with zero attached hydrogens (tertiary/aromatic N) is 6. The van der Waals surface area contributed by atoms with Crippen LogP contribution < -0.4 is 25.3 Å². The highest BCUT2D eigenvalue weighted by Crippen LogP contribution is 2.42. The molecule has 2 aromatic carbocycles. The maximum absolute atomic E-state index is 14.0. The average Bonchev–Trinajstić information content (AvgIpc) is 3.87. The Bertz CT molecular complexity index is 1740. The summed E-state index contributed by atoms with van der Waals surface area (Å²) < 4.78 is 60.2. The first-order valence-electron chi connectivity index (χ1n) is 17.4. The summed E-state index contributed by atoms with van der Waals surface area (Å²) in [6, 6.07) is 8.92. The fraction of sp³-hybridized carbons (Fsp3) is 0.472. The number of anilines is 5. The fourth-order valence-corrected chi connectivity index (χ4v) is 7.40. The number of nitrogens with one attached hydrogen (secondary N) is 2. The summed E-state index contributed by atoms with van der Waals surface area (Å²) in [7, 11) is 1.56. The minimum atomic E-state index is -4.84. The smallest absolute Gasteiger partial charge is 0.419 e. The second kappa shape index (κ2) is 14.6. The molecule has 7 rings (SSSR count). The molecule has 0 unspecified atom stereocenters. The lowest BCUT2D eigenvalue weighted by atomic mass is 10.0. The first kappa shape index (κ1) is 35.0. The number of halogens is 4. The lowest BCUT2D eigenvalue weighted by molar-refractivity contribution is -0.140. The number of methoxy groups -OCH3 is 1. The van der Waals surface area contributed by atoms with Crippen LogP contribution in [0.15, 0.2) is 55.4 Å². The number of benzene rings is 2. The van der Waals surface area contributed by atoms with Gasteiger partial charge in [0.1, 0.15) is 23.7 Å². The largest absolute Gasteiger partial charge is 0.494 e. The first-order valence-corrected chi connectivity index (χ1v) is 17.4. The van der Waals surface area contributed by atoms with Gasteiger partial charge < -0.3 is 20.3 Å². The monoisotopic (exact) mass is 710 g/mol. The molecule has 51 heavy (non-hydrogen) atoms. The van der Waals surface area contributed by atoms with Crippen molar-refractivity contribution in [2.45, 2.75) is 56.4 Å². The number of aromatic nitrogens is 2. The predicted molar refractivity (Wildman–Crippen MR) is 186 cm³/mol. The topological polar surface area (TPSA) is 98.3 Å². The van der Waals surface area contributed by atoms with Crippen molar-refractivity contribution in [2.24, 2.45) is 0 Å². The molecule has 0 bridgehead atoms. The third kappa shape index (κ3) is 7.75. The van der Waals surface area contributed by atoms with E-state index in [1.54, 1.807) is 19.2 Å². The lowest BCUT2D eigenvalue weighted by Crippen LogP contribution is -2.53. The molecule has 3 saturated heterocycles. The number of hydroxylamine groups is 1. The highest BCUT2D eigenvalue weighted by atomic mass is 19.4. The average molecular weight is 711 g/mol. The van der Waals surface area contributed by atoms with Gasteiger partial charge in [-0.1, -0.05) is 12.6 Å². The third-order valence-corrected chi connectivity index (χ3v) is 10.2. The van der Waals surface area contributed by atoms with E-state index < -0.39 is 23.6 Å². The lowest BCUT2D eigenvalue weighted by Gasteiger charge is -2.43. The van der Waals surface area contributed by atoms with Crippen LogP contribution in [0.3, 0.4) is 0 Å². The van der Waals surface area contributed by atoms with Crippen molar-refractivity contribution in [1.29, 1.82) is 0 Å². The van der Waals surface area contributed by atoms with Gasteiger partial charge in [-0.2, -0.15) is 13.2 Å². The van der Waals surface area contributed by atoms with Crippen LogP contribution in [-0.2, 0) is 15.8 Å². The van der Waals surface area contributed by atoms with Crippen LogP contribution in [0, 0.1) is 5.82 Å². The molecule has 1 amide bonds. The van der Waals surface area contributed by atoms with Crippen LogP contribution in [0.2, 0.25) is 0 Å². The summed E-state index contributed by atoms with van der Waals surface area (Å²) in [5, 5.41) is 7.60. The standard InChI is InChI=1S/C36H42F4N8O3/c1-3-35(49)44-28-19-29(32(50-2)20-31(28)47-11-8-25(9-12-47)46-15-13-45(14-16-46)24-5-6-24)43-33-21-34(42-22-41-33)48-30(10-17-51-48)23-4-7-27(37)26(18-23)36(38,39)40/h3-4,7,18-22,24-25,30H,1,5-6,8-17H2,2H3,(H,44,49)(H,41,42,43)/t30-/m1/s1. The van der Waals surface area contributed by atoms with Gasteiger partial charge in [0, 0.05) is 69.9 Å². The van der Waals surface area contributed by atoms with Crippen LogP contribution in [0.1, 0.15) is 49.3 Å². The van der Waals surface area contributed by atoms with Crippen molar-refractivity contribution in [3.63, 3.8) is 0 Å². The van der Waals surface area contributed by atoms with Crippen LogP contribution in [0.25, 0.3) is 0 Å². The second-order valence-corrected chi connectivity index (χ2v) is 13.4. The first-order chi connectivity index (χ1) is 24.6. The summed E-state index contributed by atoms with van der Waals surface area (Å²) in [6.45, 7) is 10.00. The van der Waals surface area contributed by atoms with Crippen molar-refractivity contribution in [3.8, 4) is 5.75 Å². The van der Waals surface area contributed by atoms with Crippen molar-refractivity contribution in [2.75, 3.05) is 73.6 Å². The zero-order valence-electron chi connectivity index (χ0n) is 28.5. The van der Waals surface area contributed by atoms with Crippen molar-refractivity contribution < 1.29 is 31.9 Å². The molecular weight excluding hydrogens is 668 g/mol. The van der Waals surface area contributed by atoms with Gasteiger partial charge in [-0.05, 0) is 55.5 Å². The molecule has 0 radical (unpaired) electrons. The number of piperazine rings is 1. The molecule has 0 spiro atoms. The Morgan fingerprint density at radius 1 is 0.941 bits per heavy atom. The Balaban J connectivity index is 1.09. The molecule has 1 saturated carbocycles. The number of hydrogen-bond donors (Lipinski definition) is 2. The third-order valence-electron chi connectivity index (χ3n) is 10.2. The molecule has 1 atom stereocenters. The van der Waals surface area contributed by atoms with Gasteiger partial charge in [-0.3, -0.25) is 19.4 Å². The van der Waals surface area contributed by atoms with Crippen LogP contribution in [0.4, 0.5) is 46.3 Å². The van der Waals surface area contributed by atoms with Crippen LogP contribution in [-0.4, -0.2) is 90.7 Å². The quantitative estimate of drug-likeness (QED) is 0.189. The summed E-state index contributed by atoms with van der Waals surface area (Å²) in [6.07, 6.45) is 2.76. The van der Waals surface area contributed by atoms with Gasteiger partial charge in [0.25, 0.3) is 0 Å². The van der Waals surface area contributed by atoms with Gasteiger partial charge in [-0.25, -0.2) is 19.4 Å². The molecule has 4 heterocycles. The van der Waals surface area contributed by atoms with Crippen molar-refractivity contribution in [1.82, 2.24) is 19.8 Å². The van der Waals surface area contributed by atoms with E-state index in [4.69, 9.17) is 9.57 Å². The van der Waals surface area contributed by atoms with Crippen LogP contribution >= 0.6 is 0 Å². The molecule has 1 aliphatic carbocycles. The SMILES string of the molecule is C=CC(=O)Nc1cc(Nc2cc(N3OCC[C@@H]3c3ccc(F)c(C(F)(F)F)c3)ncn2)c(OC)cc1N1CCC(N2CCN(C3CC3)CC2)CC1. The number of hydrogen-bond acceptors (Lipinski definition) is 10. The number of rotatable bonds is 10. The molecule has 2 N–H and O–H groups in total. The Kier molecular flexibility index (Phi) is 10.0. The van der Waals surface area contributed by atoms with Gasteiger partial charge >= 0.3 is 6.18 Å². The van der Waals surface area contributed by atoms with E-state index in [2.05, 4.69) is 41.9 Å². The summed E-state index contributed by atoms with van der Waals surface area (Å²) in [5.41, 5.74) is 0.834. The Morgan fingerprint density at radius 3 is 2.29 bits per heavy atom. The van der Waals surface area contributed by atoms with E-state index in [1.807, 2.05) is 6.07 Å². The Hall–Kier alpha value is -4.47. The zero-order chi connectivity index (χ0) is 35.7. The fourth-order valence-electron chi connectivity index (χ4n) is 7.40. The molecule has 15 heteroatoms. The predicted octanol–water partition coefficient (Wildman–Crippen LogP) is 6.14. The van der Waals surface area contributed by atoms with Crippen molar-refractivity contribution in [3.05, 3.63) is 72.3 Å². The maximum Gasteiger partial charge on any atom is 0.419 e. The van der Waals surface area contributed by atoms with E-state index in [0.717, 1.165) is 76.0 Å². The number of amides is 1. The number of piperidine rings is 1. The normalized spacial score (nSPS) is 20.8. The summed E-state index contributed by atoms with van der Waals surface area (Å²) >= 11 is 0. The number of ether oxygens (including phenoxy) is 1. The molecular formula is C36H42F4N8O3. The van der Waals surface area contributed by atoms with E-state index in [0.29, 0.717) is 41.2 Å². The number of alkyl halides is 3. The number of carbonyl (C=O) groups is 1. The highest BCUT2D eigenvalue weighted by molar-refractivity contribution is 6.02. The molecule has 11 nitrogen and oxygen atoms in total. The zero-order valence-corrected chi connectivity index (χ0v) is 28.5. The highest BCUT2D eigenvalue weighted by Gasteiger charge is 2.37. The Labute approximate surface area is 294 Å². The molecule has 3 aliphatic heterocycles. The Morgan fingerprint density at radius 2 is 1.65 bits per heavy atom. The second-order valence-electron chi connectivity index (χ2n) is 13.4. The molecule has 4 aliphatic rings. The summed E-state index contributed by atoms with van der Waals surface area (Å²) in [4.78, 5) is 34.6. The van der Waals surface area contributed by atoms with E-state index in [-0.39, 0.29) is 18.1 Å².